The minimum atomic E-state index is -0.131. The predicted molar refractivity (Wildman–Crippen MR) is 102 cm³/mol. The lowest BCUT2D eigenvalue weighted by molar-refractivity contribution is -0.130. The SMILES string of the molecule is CC(=O)N1CCC(N2C[C@H](NC(=O)c3ccco3)[C@@H](C(C)C)C2)CC1.Cl. The lowest BCUT2D eigenvalue weighted by Crippen LogP contribution is -2.46. The third-order valence-corrected chi connectivity index (χ3v) is 5.74. The largest absolute Gasteiger partial charge is 0.459 e. The summed E-state index contributed by atoms with van der Waals surface area (Å²) in [6.07, 6.45) is 3.56. The normalized spacial score (nSPS) is 24.5. The Balaban J connectivity index is 0.00000243. The Kier molecular flexibility index (Phi) is 7.12. The first-order valence-corrected chi connectivity index (χ1v) is 9.29. The number of hydrogen-bond donors (Lipinski definition) is 1. The van der Waals surface area contributed by atoms with Crippen LogP contribution in [0.1, 0.15) is 44.2 Å². The van der Waals surface area contributed by atoms with Crippen molar-refractivity contribution in [3.8, 4) is 0 Å². The molecule has 2 amide bonds. The first kappa shape index (κ1) is 20.8. The molecule has 0 radical (unpaired) electrons. The summed E-state index contributed by atoms with van der Waals surface area (Å²) in [4.78, 5) is 28.3. The van der Waals surface area contributed by atoms with Gasteiger partial charge >= 0.3 is 0 Å². The van der Waals surface area contributed by atoms with Crippen LogP contribution >= 0.6 is 12.4 Å². The van der Waals surface area contributed by atoms with Gasteiger partial charge in [-0.3, -0.25) is 14.5 Å². The molecule has 146 valence electrons. The highest BCUT2D eigenvalue weighted by Gasteiger charge is 2.39. The molecule has 6 nitrogen and oxygen atoms in total. The van der Waals surface area contributed by atoms with Crippen LogP contribution in [0.15, 0.2) is 22.8 Å². The van der Waals surface area contributed by atoms with Crippen molar-refractivity contribution in [1.82, 2.24) is 15.1 Å². The van der Waals surface area contributed by atoms with Gasteiger partial charge in [-0.15, -0.1) is 12.4 Å². The molecular formula is C19H30ClN3O3. The van der Waals surface area contributed by atoms with Crippen molar-refractivity contribution in [2.75, 3.05) is 26.2 Å². The number of halogens is 1. The van der Waals surface area contributed by atoms with Gasteiger partial charge in [0, 0.05) is 45.2 Å². The molecule has 0 spiro atoms. The van der Waals surface area contributed by atoms with Crippen LogP contribution in [-0.2, 0) is 4.79 Å². The zero-order chi connectivity index (χ0) is 18.0. The summed E-state index contributed by atoms with van der Waals surface area (Å²) in [5.41, 5.74) is 0. The number of rotatable bonds is 4. The number of piperidine rings is 1. The van der Waals surface area contributed by atoms with Gasteiger partial charge in [-0.05, 0) is 36.8 Å². The molecule has 26 heavy (non-hydrogen) atoms. The number of hydrogen-bond acceptors (Lipinski definition) is 4. The molecule has 1 aromatic rings. The van der Waals surface area contributed by atoms with E-state index in [0.717, 1.165) is 39.0 Å². The standard InChI is InChI=1S/C19H29N3O3.ClH/c1-13(2)16-11-22(15-6-8-21(9-7-15)14(3)23)12-17(16)20-19(24)18-5-4-10-25-18;/h4-5,10,13,15-17H,6-9,11-12H2,1-3H3,(H,20,24);1H/t16-,17+;/m1./s1. The highest BCUT2D eigenvalue weighted by molar-refractivity contribution is 5.91. The fourth-order valence-corrected chi connectivity index (χ4v) is 4.18. The summed E-state index contributed by atoms with van der Waals surface area (Å²) in [6.45, 7) is 9.65. The van der Waals surface area contributed by atoms with Crippen LogP contribution in [0.5, 0.6) is 0 Å². The van der Waals surface area contributed by atoms with Gasteiger partial charge in [0.05, 0.1) is 6.26 Å². The van der Waals surface area contributed by atoms with E-state index in [1.54, 1.807) is 19.1 Å². The molecule has 2 atom stereocenters. The minimum absolute atomic E-state index is 0. The summed E-state index contributed by atoms with van der Waals surface area (Å²) in [5.74, 6) is 1.35. The summed E-state index contributed by atoms with van der Waals surface area (Å²) in [6, 6.07) is 4.08. The molecule has 0 unspecified atom stereocenters. The van der Waals surface area contributed by atoms with Gasteiger partial charge in [-0.2, -0.15) is 0 Å². The van der Waals surface area contributed by atoms with E-state index < -0.39 is 0 Å². The number of nitrogens with zero attached hydrogens (tertiary/aromatic N) is 2. The van der Waals surface area contributed by atoms with Gasteiger partial charge in [-0.1, -0.05) is 13.8 Å². The van der Waals surface area contributed by atoms with Crippen LogP contribution in [0.4, 0.5) is 0 Å². The molecule has 2 aliphatic rings. The van der Waals surface area contributed by atoms with Crippen molar-refractivity contribution in [2.24, 2.45) is 11.8 Å². The number of furan rings is 1. The van der Waals surface area contributed by atoms with Crippen molar-refractivity contribution < 1.29 is 14.0 Å². The molecule has 0 bridgehead atoms. The minimum Gasteiger partial charge on any atom is -0.459 e. The zero-order valence-corrected chi connectivity index (χ0v) is 16.6. The van der Waals surface area contributed by atoms with E-state index in [1.165, 1.54) is 6.26 Å². The second-order valence-electron chi connectivity index (χ2n) is 7.66. The summed E-state index contributed by atoms with van der Waals surface area (Å²) in [5, 5.41) is 3.17. The van der Waals surface area contributed by atoms with Gasteiger partial charge < -0.3 is 14.6 Å². The molecule has 1 N–H and O–H groups in total. The molecule has 2 fully saturated rings. The maximum Gasteiger partial charge on any atom is 0.287 e. The summed E-state index contributed by atoms with van der Waals surface area (Å²) < 4.78 is 5.22. The van der Waals surface area contributed by atoms with Crippen molar-refractivity contribution in [2.45, 2.75) is 45.7 Å². The molecule has 0 aliphatic carbocycles. The first-order chi connectivity index (χ1) is 12.0. The molecule has 3 rings (SSSR count). The summed E-state index contributed by atoms with van der Waals surface area (Å²) >= 11 is 0. The Hall–Kier alpha value is -1.53. The second kappa shape index (κ2) is 8.91. The number of amides is 2. The van der Waals surface area contributed by atoms with E-state index in [-0.39, 0.29) is 30.3 Å². The number of likely N-dealkylation sites (tertiary alicyclic amines) is 2. The Morgan fingerprint density at radius 2 is 1.92 bits per heavy atom. The quantitative estimate of drug-likeness (QED) is 0.867. The average molecular weight is 384 g/mol. The monoisotopic (exact) mass is 383 g/mol. The van der Waals surface area contributed by atoms with Crippen LogP contribution in [0.3, 0.4) is 0 Å². The maximum absolute atomic E-state index is 12.4. The average Bonchev–Trinajstić information content (AvgIpc) is 3.24. The molecule has 2 saturated heterocycles. The van der Waals surface area contributed by atoms with Crippen molar-refractivity contribution in [3.05, 3.63) is 24.2 Å². The van der Waals surface area contributed by atoms with Crippen LogP contribution in [0.25, 0.3) is 0 Å². The van der Waals surface area contributed by atoms with E-state index in [9.17, 15) is 9.59 Å². The molecule has 3 heterocycles. The number of carbonyl (C=O) groups is 2. The molecule has 7 heteroatoms. The van der Waals surface area contributed by atoms with Gasteiger partial charge in [0.1, 0.15) is 0 Å². The Bertz CT molecular complexity index is 597. The van der Waals surface area contributed by atoms with Crippen molar-refractivity contribution >= 4 is 24.2 Å². The van der Waals surface area contributed by atoms with E-state index in [4.69, 9.17) is 4.42 Å². The Morgan fingerprint density at radius 3 is 2.46 bits per heavy atom. The Labute approximate surface area is 161 Å². The fraction of sp³-hybridized carbons (Fsp3) is 0.684. The number of nitrogens with one attached hydrogen (secondary N) is 1. The fourth-order valence-electron chi connectivity index (χ4n) is 4.18. The first-order valence-electron chi connectivity index (χ1n) is 9.29. The molecule has 2 aliphatic heterocycles. The van der Waals surface area contributed by atoms with Gasteiger partial charge in [0.2, 0.25) is 5.91 Å². The predicted octanol–water partition coefficient (Wildman–Crippen LogP) is 2.40. The topological polar surface area (TPSA) is 65.8 Å². The lowest BCUT2D eigenvalue weighted by Gasteiger charge is -2.36. The Morgan fingerprint density at radius 1 is 1.23 bits per heavy atom. The molecule has 1 aromatic heterocycles. The molecular weight excluding hydrogens is 354 g/mol. The van der Waals surface area contributed by atoms with E-state index in [0.29, 0.717) is 23.6 Å². The second-order valence-corrected chi connectivity index (χ2v) is 7.66. The molecule has 0 saturated carbocycles. The third-order valence-electron chi connectivity index (χ3n) is 5.74. The van der Waals surface area contributed by atoms with Crippen LogP contribution < -0.4 is 5.32 Å². The van der Waals surface area contributed by atoms with Gasteiger partial charge in [-0.25, -0.2) is 0 Å². The smallest absolute Gasteiger partial charge is 0.287 e. The number of carbonyl (C=O) groups excluding carboxylic acids is 2. The van der Waals surface area contributed by atoms with E-state index >= 15 is 0 Å². The van der Waals surface area contributed by atoms with Gasteiger partial charge in [0.15, 0.2) is 5.76 Å². The van der Waals surface area contributed by atoms with Crippen LogP contribution in [-0.4, -0.2) is 59.9 Å². The molecule has 0 aromatic carbocycles. The van der Waals surface area contributed by atoms with Crippen LogP contribution in [0.2, 0.25) is 0 Å². The van der Waals surface area contributed by atoms with E-state index in [1.807, 2.05) is 4.90 Å². The van der Waals surface area contributed by atoms with Crippen molar-refractivity contribution in [3.63, 3.8) is 0 Å². The maximum atomic E-state index is 12.4. The van der Waals surface area contributed by atoms with Crippen LogP contribution in [0, 0.1) is 11.8 Å². The van der Waals surface area contributed by atoms with E-state index in [2.05, 4.69) is 24.1 Å². The highest BCUT2D eigenvalue weighted by Crippen LogP contribution is 2.29. The third kappa shape index (κ3) is 4.60. The summed E-state index contributed by atoms with van der Waals surface area (Å²) in [7, 11) is 0. The highest BCUT2D eigenvalue weighted by atomic mass is 35.5. The van der Waals surface area contributed by atoms with Crippen molar-refractivity contribution in [1.29, 1.82) is 0 Å². The van der Waals surface area contributed by atoms with Gasteiger partial charge in [0.25, 0.3) is 5.91 Å². The lowest BCUT2D eigenvalue weighted by atomic mass is 9.91. The zero-order valence-electron chi connectivity index (χ0n) is 15.8.